The number of aromatic nitrogens is 1. The van der Waals surface area contributed by atoms with E-state index in [1.807, 2.05) is 17.6 Å². The van der Waals surface area contributed by atoms with Crippen molar-refractivity contribution >= 4 is 11.3 Å². The zero-order valence-electron chi connectivity index (χ0n) is 12.9. The summed E-state index contributed by atoms with van der Waals surface area (Å²) in [5.74, 6) is 0.391. The van der Waals surface area contributed by atoms with Crippen molar-refractivity contribution in [2.75, 3.05) is 26.2 Å². The van der Waals surface area contributed by atoms with Crippen LogP contribution in [0.3, 0.4) is 0 Å². The summed E-state index contributed by atoms with van der Waals surface area (Å²) in [5.41, 5.74) is 0. The van der Waals surface area contributed by atoms with E-state index >= 15 is 0 Å². The molecule has 0 saturated carbocycles. The third-order valence-corrected chi connectivity index (χ3v) is 5.37. The van der Waals surface area contributed by atoms with Crippen LogP contribution in [-0.4, -0.2) is 53.1 Å². The Hall–Kier alpha value is -1.50. The molecule has 0 amide bonds. The Bertz CT molecular complexity index is 651. The maximum Gasteiger partial charge on any atom is 0.126 e. The van der Waals surface area contributed by atoms with Gasteiger partial charge in [0, 0.05) is 56.3 Å². The van der Waals surface area contributed by atoms with Gasteiger partial charge in [0.15, 0.2) is 0 Å². The van der Waals surface area contributed by atoms with E-state index in [0.29, 0.717) is 11.8 Å². The highest BCUT2D eigenvalue weighted by molar-refractivity contribution is 7.09. The van der Waals surface area contributed by atoms with Crippen molar-refractivity contribution in [3.05, 3.63) is 46.7 Å². The normalized spacial score (nSPS) is 25.4. The van der Waals surface area contributed by atoms with E-state index < -0.39 is 0 Å². The summed E-state index contributed by atoms with van der Waals surface area (Å²) in [6, 6.07) is 6.97. The number of halogens is 1. The molecule has 0 unspecified atom stereocenters. The lowest BCUT2D eigenvalue weighted by molar-refractivity contribution is 0.0978. The van der Waals surface area contributed by atoms with E-state index in [4.69, 9.17) is 4.74 Å². The van der Waals surface area contributed by atoms with Gasteiger partial charge in [-0.3, -0.25) is 9.80 Å². The number of thiazole rings is 1. The van der Waals surface area contributed by atoms with Gasteiger partial charge in [0.25, 0.3) is 0 Å². The zero-order valence-corrected chi connectivity index (χ0v) is 13.7. The second kappa shape index (κ2) is 6.55. The molecule has 3 heterocycles. The first-order chi connectivity index (χ1) is 11.3. The molecule has 0 aliphatic carbocycles. The van der Waals surface area contributed by atoms with Gasteiger partial charge in [0.1, 0.15) is 22.7 Å². The van der Waals surface area contributed by atoms with Gasteiger partial charge in [-0.1, -0.05) is 6.07 Å². The zero-order chi connectivity index (χ0) is 15.6. The summed E-state index contributed by atoms with van der Waals surface area (Å²) in [6.07, 6.45) is 3.03. The molecule has 1 aromatic carbocycles. The van der Waals surface area contributed by atoms with Crippen molar-refractivity contribution < 1.29 is 9.13 Å². The first kappa shape index (κ1) is 15.1. The molecule has 0 spiro atoms. The molecule has 2 aliphatic heterocycles. The molecular formula is C17H20FN3OS. The van der Waals surface area contributed by atoms with Crippen molar-refractivity contribution in [1.82, 2.24) is 14.8 Å². The molecule has 2 fully saturated rings. The van der Waals surface area contributed by atoms with Crippen LogP contribution in [0.1, 0.15) is 11.4 Å². The molecule has 4 nitrogen and oxygen atoms in total. The molecule has 0 bridgehead atoms. The van der Waals surface area contributed by atoms with Crippen molar-refractivity contribution in [2.45, 2.75) is 25.1 Å². The van der Waals surface area contributed by atoms with Gasteiger partial charge in [-0.15, -0.1) is 11.3 Å². The standard InChI is InChI=1S/C17H20FN3OS/c18-13-2-1-3-15(8-13)22-16-9-14-10-20(5-6-21(14)11-16)12-17-19-4-7-23-17/h1-4,7-8,14,16H,5-6,9-12H2/t14-,16+/m0/s1. The molecule has 23 heavy (non-hydrogen) atoms. The van der Waals surface area contributed by atoms with Crippen LogP contribution in [0.2, 0.25) is 0 Å². The van der Waals surface area contributed by atoms with Gasteiger partial charge in [-0.25, -0.2) is 9.37 Å². The predicted octanol–water partition coefficient (Wildman–Crippen LogP) is 2.62. The Morgan fingerprint density at radius 2 is 2.26 bits per heavy atom. The molecule has 2 atom stereocenters. The number of benzene rings is 1. The van der Waals surface area contributed by atoms with Crippen LogP contribution in [-0.2, 0) is 6.54 Å². The molecule has 4 rings (SSSR count). The summed E-state index contributed by atoms with van der Waals surface area (Å²) >= 11 is 1.72. The SMILES string of the molecule is Fc1cccc(O[C@@H]2C[C@H]3CN(Cc4nccs4)CCN3C2)c1. The van der Waals surface area contributed by atoms with Crippen LogP contribution in [0, 0.1) is 5.82 Å². The molecule has 2 aliphatic rings. The van der Waals surface area contributed by atoms with Crippen LogP contribution in [0.5, 0.6) is 5.75 Å². The largest absolute Gasteiger partial charge is 0.489 e. The highest BCUT2D eigenvalue weighted by Gasteiger charge is 2.37. The number of nitrogens with zero attached hydrogens (tertiary/aromatic N) is 3. The van der Waals surface area contributed by atoms with Crippen molar-refractivity contribution in [2.24, 2.45) is 0 Å². The van der Waals surface area contributed by atoms with Gasteiger partial charge in [0.2, 0.25) is 0 Å². The lowest BCUT2D eigenvalue weighted by Gasteiger charge is -2.36. The monoisotopic (exact) mass is 333 g/mol. The van der Waals surface area contributed by atoms with Crippen molar-refractivity contribution in [3.8, 4) is 5.75 Å². The third kappa shape index (κ3) is 3.54. The highest BCUT2D eigenvalue weighted by Crippen LogP contribution is 2.26. The van der Waals surface area contributed by atoms with E-state index in [1.54, 1.807) is 17.4 Å². The second-order valence-corrected chi connectivity index (χ2v) is 7.22. The molecule has 1 aromatic heterocycles. The van der Waals surface area contributed by atoms with Gasteiger partial charge >= 0.3 is 0 Å². The number of fused-ring (bicyclic) bond motifs is 1. The number of hydrogen-bond acceptors (Lipinski definition) is 5. The molecule has 0 radical (unpaired) electrons. The first-order valence-electron chi connectivity index (χ1n) is 8.03. The number of piperazine rings is 1. The molecule has 2 saturated heterocycles. The number of rotatable bonds is 4. The fraction of sp³-hybridized carbons (Fsp3) is 0.471. The van der Waals surface area contributed by atoms with E-state index in [0.717, 1.165) is 39.1 Å². The van der Waals surface area contributed by atoms with Crippen LogP contribution in [0.15, 0.2) is 35.8 Å². The maximum absolute atomic E-state index is 13.3. The minimum absolute atomic E-state index is 0.154. The maximum atomic E-state index is 13.3. The van der Waals surface area contributed by atoms with Crippen molar-refractivity contribution in [1.29, 1.82) is 0 Å². The van der Waals surface area contributed by atoms with E-state index in [9.17, 15) is 4.39 Å². The predicted molar refractivity (Wildman–Crippen MR) is 88.2 cm³/mol. The first-order valence-corrected chi connectivity index (χ1v) is 8.91. The lowest BCUT2D eigenvalue weighted by atomic mass is 10.1. The van der Waals surface area contributed by atoms with E-state index in [2.05, 4.69) is 14.8 Å². The molecule has 6 heteroatoms. The second-order valence-electron chi connectivity index (χ2n) is 6.24. The number of ether oxygens (including phenoxy) is 1. The molecule has 0 N–H and O–H groups in total. The van der Waals surface area contributed by atoms with Gasteiger partial charge < -0.3 is 4.74 Å². The Kier molecular flexibility index (Phi) is 4.29. The lowest BCUT2D eigenvalue weighted by Crippen LogP contribution is -2.49. The van der Waals surface area contributed by atoms with E-state index in [1.165, 1.54) is 17.1 Å². The summed E-state index contributed by atoms with van der Waals surface area (Å²) < 4.78 is 19.2. The van der Waals surface area contributed by atoms with Crippen LogP contribution in [0.25, 0.3) is 0 Å². The average Bonchev–Trinajstić information content (AvgIpc) is 3.16. The molecule has 2 aromatic rings. The van der Waals surface area contributed by atoms with Crippen LogP contribution in [0.4, 0.5) is 4.39 Å². The average molecular weight is 333 g/mol. The van der Waals surface area contributed by atoms with Gasteiger partial charge in [0.05, 0.1) is 6.54 Å². The summed E-state index contributed by atoms with van der Waals surface area (Å²) in [5, 5.41) is 3.22. The minimum atomic E-state index is -0.243. The smallest absolute Gasteiger partial charge is 0.126 e. The summed E-state index contributed by atoms with van der Waals surface area (Å²) in [7, 11) is 0. The Labute approximate surface area is 139 Å². The fourth-order valence-electron chi connectivity index (χ4n) is 3.54. The molecular weight excluding hydrogens is 313 g/mol. The van der Waals surface area contributed by atoms with Crippen LogP contribution >= 0.6 is 11.3 Å². The van der Waals surface area contributed by atoms with Gasteiger partial charge in [-0.05, 0) is 12.1 Å². The highest BCUT2D eigenvalue weighted by atomic mass is 32.1. The van der Waals surface area contributed by atoms with Crippen molar-refractivity contribution in [3.63, 3.8) is 0 Å². The third-order valence-electron chi connectivity index (χ3n) is 4.60. The topological polar surface area (TPSA) is 28.6 Å². The summed E-state index contributed by atoms with van der Waals surface area (Å²) in [4.78, 5) is 9.36. The Morgan fingerprint density at radius 1 is 1.30 bits per heavy atom. The quantitative estimate of drug-likeness (QED) is 0.860. The number of hydrogen-bond donors (Lipinski definition) is 0. The fourth-order valence-corrected chi connectivity index (χ4v) is 4.20. The summed E-state index contributed by atoms with van der Waals surface area (Å²) in [6.45, 7) is 5.08. The Balaban J connectivity index is 1.34. The Morgan fingerprint density at radius 3 is 3.09 bits per heavy atom. The van der Waals surface area contributed by atoms with Gasteiger partial charge in [-0.2, -0.15) is 0 Å². The molecule has 122 valence electrons. The van der Waals surface area contributed by atoms with Crippen LogP contribution < -0.4 is 4.74 Å². The minimum Gasteiger partial charge on any atom is -0.489 e. The van der Waals surface area contributed by atoms with E-state index in [-0.39, 0.29) is 11.9 Å².